The van der Waals surface area contributed by atoms with Gasteiger partial charge in [0.25, 0.3) is 10.0 Å². The summed E-state index contributed by atoms with van der Waals surface area (Å²) >= 11 is 0. The van der Waals surface area contributed by atoms with Crippen molar-refractivity contribution in [3.05, 3.63) is 24.1 Å². The molecule has 0 bridgehead atoms. The fourth-order valence-electron chi connectivity index (χ4n) is 1.80. The molecular weight excluding hydrogens is 245 g/mol. The van der Waals surface area contributed by atoms with E-state index in [4.69, 9.17) is 0 Å². The number of nitrogens with zero attached hydrogens (tertiary/aromatic N) is 2. The van der Waals surface area contributed by atoms with Gasteiger partial charge in [0.2, 0.25) is 5.03 Å². The van der Waals surface area contributed by atoms with Crippen molar-refractivity contribution in [3.63, 3.8) is 0 Å². The van der Waals surface area contributed by atoms with E-state index in [9.17, 15) is 12.8 Å². The predicted octanol–water partition coefficient (Wildman–Crippen LogP) is 0.203. The minimum Gasteiger partial charge on any atom is -0.312 e. The summed E-state index contributed by atoms with van der Waals surface area (Å²) in [5.74, 6) is -0.807. The lowest BCUT2D eigenvalue weighted by atomic mass is 10.3. The summed E-state index contributed by atoms with van der Waals surface area (Å²) in [6.45, 7) is 3.12. The molecule has 1 atom stereocenters. The van der Waals surface area contributed by atoms with E-state index in [1.165, 1.54) is 16.6 Å². The highest BCUT2D eigenvalue weighted by Gasteiger charge is 2.31. The van der Waals surface area contributed by atoms with Gasteiger partial charge in [-0.2, -0.15) is 4.31 Å². The zero-order valence-electron chi connectivity index (χ0n) is 9.43. The Morgan fingerprint density at radius 2 is 2.35 bits per heavy atom. The Kier molecular flexibility index (Phi) is 3.41. The summed E-state index contributed by atoms with van der Waals surface area (Å²) in [5, 5.41) is 2.64. The molecule has 1 aromatic heterocycles. The van der Waals surface area contributed by atoms with Gasteiger partial charge in [-0.25, -0.2) is 17.8 Å². The van der Waals surface area contributed by atoms with E-state index in [-0.39, 0.29) is 6.04 Å². The van der Waals surface area contributed by atoms with E-state index in [1.807, 2.05) is 6.92 Å². The fourth-order valence-corrected chi connectivity index (χ4v) is 3.30. The first kappa shape index (κ1) is 12.4. The van der Waals surface area contributed by atoms with E-state index < -0.39 is 20.9 Å². The first-order valence-electron chi connectivity index (χ1n) is 5.36. The molecule has 0 spiro atoms. The second kappa shape index (κ2) is 4.67. The lowest BCUT2D eigenvalue weighted by Gasteiger charge is -2.30. The van der Waals surface area contributed by atoms with Crippen LogP contribution in [0.3, 0.4) is 0 Å². The van der Waals surface area contributed by atoms with Crippen LogP contribution < -0.4 is 5.32 Å². The van der Waals surface area contributed by atoms with Crippen molar-refractivity contribution in [1.29, 1.82) is 0 Å². The van der Waals surface area contributed by atoms with Gasteiger partial charge in [-0.3, -0.25) is 0 Å². The highest BCUT2D eigenvalue weighted by Crippen LogP contribution is 2.17. The lowest BCUT2D eigenvalue weighted by molar-refractivity contribution is 0.308. The first-order chi connectivity index (χ1) is 8.01. The molecule has 1 aromatic rings. The molecule has 0 saturated carbocycles. The summed E-state index contributed by atoms with van der Waals surface area (Å²) in [7, 11) is -3.82. The lowest BCUT2D eigenvalue weighted by Crippen LogP contribution is -2.51. The molecule has 94 valence electrons. The number of nitrogens with one attached hydrogen (secondary N) is 1. The average Bonchev–Trinajstić information content (AvgIpc) is 2.29. The first-order valence-corrected chi connectivity index (χ1v) is 6.80. The molecule has 0 amide bonds. The van der Waals surface area contributed by atoms with Gasteiger partial charge in [0.15, 0.2) is 5.82 Å². The van der Waals surface area contributed by atoms with Crippen molar-refractivity contribution in [1.82, 2.24) is 14.6 Å². The summed E-state index contributed by atoms with van der Waals surface area (Å²) < 4.78 is 39.0. The van der Waals surface area contributed by atoms with Crippen molar-refractivity contribution in [3.8, 4) is 0 Å². The highest BCUT2D eigenvalue weighted by atomic mass is 32.2. The molecule has 1 aliphatic rings. The van der Waals surface area contributed by atoms with Crippen LogP contribution in [0.2, 0.25) is 0 Å². The van der Waals surface area contributed by atoms with E-state index in [1.54, 1.807) is 0 Å². The zero-order valence-corrected chi connectivity index (χ0v) is 10.2. The largest absolute Gasteiger partial charge is 0.312 e. The maximum atomic E-state index is 13.5. The van der Waals surface area contributed by atoms with Gasteiger partial charge in [-0.05, 0) is 19.1 Å². The zero-order chi connectivity index (χ0) is 12.5. The number of aromatic nitrogens is 1. The van der Waals surface area contributed by atoms with Crippen LogP contribution in [0.15, 0.2) is 23.4 Å². The fraction of sp³-hybridized carbons (Fsp3) is 0.500. The molecule has 0 unspecified atom stereocenters. The van der Waals surface area contributed by atoms with Gasteiger partial charge >= 0.3 is 0 Å². The van der Waals surface area contributed by atoms with Gasteiger partial charge in [-0.15, -0.1) is 0 Å². The van der Waals surface area contributed by atoms with Gasteiger partial charge in [0, 0.05) is 31.9 Å². The van der Waals surface area contributed by atoms with Gasteiger partial charge < -0.3 is 5.32 Å². The molecular formula is C10H14FN3O2S. The Bertz CT molecular complexity index is 506. The Morgan fingerprint density at radius 1 is 1.59 bits per heavy atom. The van der Waals surface area contributed by atoms with Crippen LogP contribution in [0.25, 0.3) is 0 Å². The summed E-state index contributed by atoms with van der Waals surface area (Å²) in [4.78, 5) is 3.63. The smallest absolute Gasteiger partial charge is 0.263 e. The Balaban J connectivity index is 2.33. The molecule has 17 heavy (non-hydrogen) atoms. The number of halogens is 1. The second-order valence-electron chi connectivity index (χ2n) is 4.01. The number of sulfonamides is 1. The molecule has 0 aliphatic carbocycles. The maximum Gasteiger partial charge on any atom is 0.263 e. The van der Waals surface area contributed by atoms with Crippen molar-refractivity contribution in [2.45, 2.75) is 18.0 Å². The van der Waals surface area contributed by atoms with E-state index in [0.717, 1.165) is 6.07 Å². The van der Waals surface area contributed by atoms with Crippen LogP contribution in [0.4, 0.5) is 4.39 Å². The quantitative estimate of drug-likeness (QED) is 0.824. The predicted molar refractivity (Wildman–Crippen MR) is 60.4 cm³/mol. The Labute approximate surface area is 99.7 Å². The third-order valence-electron chi connectivity index (χ3n) is 2.64. The van der Waals surface area contributed by atoms with Crippen molar-refractivity contribution in [2.24, 2.45) is 0 Å². The molecule has 0 radical (unpaired) electrons. The van der Waals surface area contributed by atoms with E-state index in [2.05, 4.69) is 10.3 Å². The molecule has 7 heteroatoms. The molecule has 1 saturated heterocycles. The molecule has 1 N–H and O–H groups in total. The van der Waals surface area contributed by atoms with Crippen molar-refractivity contribution in [2.75, 3.05) is 19.6 Å². The number of hydrogen-bond donors (Lipinski definition) is 1. The minimum absolute atomic E-state index is 0.0605. The van der Waals surface area contributed by atoms with Crippen LogP contribution in [0.1, 0.15) is 6.92 Å². The number of piperazine rings is 1. The molecule has 2 heterocycles. The topological polar surface area (TPSA) is 62.3 Å². The highest BCUT2D eigenvalue weighted by molar-refractivity contribution is 7.89. The summed E-state index contributed by atoms with van der Waals surface area (Å²) in [6, 6.07) is 2.53. The van der Waals surface area contributed by atoms with Gasteiger partial charge in [0.05, 0.1) is 0 Å². The number of pyridine rings is 1. The van der Waals surface area contributed by atoms with Crippen molar-refractivity contribution < 1.29 is 12.8 Å². The van der Waals surface area contributed by atoms with Crippen LogP contribution in [-0.2, 0) is 10.0 Å². The number of rotatable bonds is 2. The minimum atomic E-state index is -3.82. The molecule has 0 aromatic carbocycles. The van der Waals surface area contributed by atoms with Crippen molar-refractivity contribution >= 4 is 10.0 Å². The normalized spacial score (nSPS) is 22.6. The summed E-state index contributed by atoms with van der Waals surface area (Å²) in [5.41, 5.74) is 0. The van der Waals surface area contributed by atoms with E-state index >= 15 is 0 Å². The molecule has 2 rings (SSSR count). The monoisotopic (exact) mass is 259 g/mol. The second-order valence-corrected chi connectivity index (χ2v) is 5.86. The molecule has 5 nitrogen and oxygen atoms in total. The average molecular weight is 259 g/mol. The van der Waals surface area contributed by atoms with Crippen LogP contribution in [-0.4, -0.2) is 43.4 Å². The Hall–Kier alpha value is -1.05. The molecule has 1 fully saturated rings. The Morgan fingerprint density at radius 3 is 3.00 bits per heavy atom. The van der Waals surface area contributed by atoms with Gasteiger partial charge in [-0.1, -0.05) is 0 Å². The summed E-state index contributed by atoms with van der Waals surface area (Å²) in [6.07, 6.45) is 1.28. The third kappa shape index (κ3) is 2.46. The van der Waals surface area contributed by atoms with Crippen LogP contribution >= 0.6 is 0 Å². The van der Waals surface area contributed by atoms with Crippen LogP contribution in [0.5, 0.6) is 0 Å². The van der Waals surface area contributed by atoms with E-state index in [0.29, 0.717) is 19.6 Å². The maximum absolute atomic E-state index is 13.5. The van der Waals surface area contributed by atoms with Gasteiger partial charge in [0.1, 0.15) is 0 Å². The third-order valence-corrected chi connectivity index (χ3v) is 4.44. The standard InChI is InChI=1S/C10H14FN3O2S/c1-8-7-14(6-5-12-8)17(15,16)10-9(11)3-2-4-13-10/h2-4,8,12H,5-7H2,1H3/t8-/m0/s1. The van der Waals surface area contributed by atoms with Crippen LogP contribution in [0, 0.1) is 5.82 Å². The number of hydrogen-bond acceptors (Lipinski definition) is 4. The SMILES string of the molecule is C[C@H]1CN(S(=O)(=O)c2ncccc2F)CCN1. The molecule has 1 aliphatic heterocycles.